The van der Waals surface area contributed by atoms with E-state index in [1.54, 1.807) is 10.9 Å². The van der Waals surface area contributed by atoms with Crippen LogP contribution in [0.15, 0.2) is 36.7 Å². The third kappa shape index (κ3) is 2.71. The molecule has 0 atom stereocenters. The maximum Gasteiger partial charge on any atom is 0.241 e. The van der Waals surface area contributed by atoms with Crippen molar-refractivity contribution in [3.8, 4) is 11.3 Å². The summed E-state index contributed by atoms with van der Waals surface area (Å²) >= 11 is 1.42. The molecule has 27 heavy (non-hydrogen) atoms. The van der Waals surface area contributed by atoms with Crippen LogP contribution in [0.1, 0.15) is 17.7 Å². The molecule has 138 valence electrons. The molecule has 0 aliphatic heterocycles. The number of pyridine rings is 2. The Hall–Kier alpha value is -2.45. The maximum atomic E-state index is 12.8. The summed E-state index contributed by atoms with van der Waals surface area (Å²) in [6, 6.07) is 7.67. The van der Waals surface area contributed by atoms with Crippen molar-refractivity contribution in [2.75, 3.05) is 0 Å². The second kappa shape index (κ2) is 5.77. The molecule has 1 aliphatic carbocycles. The van der Waals surface area contributed by atoms with E-state index in [-0.39, 0.29) is 12.8 Å². The number of rotatable bonds is 3. The SMILES string of the molecule is Cn1cc2cc(-c3ccc4sc(C5(O)CC(C(F)F)C5)cc4n3)cnc2n1. The number of halogens is 2. The molecule has 1 aliphatic rings. The number of aromatic nitrogens is 4. The standard InChI is InChI=1S/C19H16F2N4OS/c1-25-9-11-4-10(8-22-18(11)24-25)13-2-3-15-14(23-13)5-16(27-15)19(26)6-12(7-19)17(20)21/h2-5,8-9,12,17,26H,6-7H2,1H3. The molecular weight excluding hydrogens is 370 g/mol. The fraction of sp³-hybridized carbons (Fsp3) is 0.316. The molecule has 1 saturated carbocycles. The van der Waals surface area contributed by atoms with Crippen molar-refractivity contribution < 1.29 is 13.9 Å². The first-order valence-electron chi connectivity index (χ1n) is 8.63. The first-order valence-corrected chi connectivity index (χ1v) is 9.44. The fourth-order valence-corrected chi connectivity index (χ4v) is 4.78. The molecule has 0 unspecified atom stereocenters. The lowest BCUT2D eigenvalue weighted by Crippen LogP contribution is -2.43. The summed E-state index contributed by atoms with van der Waals surface area (Å²) in [5.74, 6) is -0.721. The molecule has 4 aromatic rings. The Kier molecular flexibility index (Phi) is 3.57. The number of nitrogens with zero attached hydrogens (tertiary/aromatic N) is 4. The van der Waals surface area contributed by atoms with Gasteiger partial charge in [0, 0.05) is 41.2 Å². The Balaban J connectivity index is 1.50. The average Bonchev–Trinajstić information content (AvgIpc) is 3.19. The van der Waals surface area contributed by atoms with Gasteiger partial charge < -0.3 is 5.11 Å². The lowest BCUT2D eigenvalue weighted by molar-refractivity contribution is -0.124. The van der Waals surface area contributed by atoms with Gasteiger partial charge in [-0.2, -0.15) is 5.10 Å². The Morgan fingerprint density at radius 1 is 1.30 bits per heavy atom. The van der Waals surface area contributed by atoms with Gasteiger partial charge in [-0.05, 0) is 37.1 Å². The second-order valence-corrected chi connectivity index (χ2v) is 8.25. The van der Waals surface area contributed by atoms with Gasteiger partial charge in [0.2, 0.25) is 6.43 Å². The quantitative estimate of drug-likeness (QED) is 0.576. The number of thiophene rings is 1. The highest BCUT2D eigenvalue weighted by molar-refractivity contribution is 7.19. The molecule has 0 aromatic carbocycles. The van der Waals surface area contributed by atoms with E-state index in [4.69, 9.17) is 0 Å². The van der Waals surface area contributed by atoms with E-state index in [0.717, 1.165) is 26.9 Å². The number of aliphatic hydroxyl groups is 1. The van der Waals surface area contributed by atoms with Crippen molar-refractivity contribution in [1.82, 2.24) is 19.7 Å². The van der Waals surface area contributed by atoms with E-state index in [2.05, 4.69) is 15.1 Å². The van der Waals surface area contributed by atoms with Crippen molar-refractivity contribution >= 4 is 32.6 Å². The number of aryl methyl sites for hydroxylation is 1. The normalized spacial score (nSPS) is 22.6. The molecule has 0 spiro atoms. The first-order chi connectivity index (χ1) is 12.9. The van der Waals surface area contributed by atoms with Gasteiger partial charge in [-0.15, -0.1) is 11.3 Å². The topological polar surface area (TPSA) is 63.8 Å². The highest BCUT2D eigenvalue weighted by atomic mass is 32.1. The summed E-state index contributed by atoms with van der Waals surface area (Å²) < 4.78 is 28.2. The third-order valence-electron chi connectivity index (χ3n) is 5.16. The van der Waals surface area contributed by atoms with Gasteiger partial charge in [-0.1, -0.05) is 0 Å². The van der Waals surface area contributed by atoms with Crippen LogP contribution >= 0.6 is 11.3 Å². The minimum Gasteiger partial charge on any atom is -0.384 e. The smallest absolute Gasteiger partial charge is 0.241 e. The predicted octanol–water partition coefficient (Wildman–Crippen LogP) is 4.11. The van der Waals surface area contributed by atoms with Crippen molar-refractivity contribution in [3.63, 3.8) is 0 Å². The van der Waals surface area contributed by atoms with E-state index < -0.39 is 17.9 Å². The van der Waals surface area contributed by atoms with Gasteiger partial charge in [-0.3, -0.25) is 4.68 Å². The minimum atomic E-state index is -2.38. The molecule has 4 aromatic heterocycles. The van der Waals surface area contributed by atoms with Crippen LogP contribution in [0.3, 0.4) is 0 Å². The van der Waals surface area contributed by atoms with E-state index >= 15 is 0 Å². The van der Waals surface area contributed by atoms with Crippen LogP contribution in [0.5, 0.6) is 0 Å². The van der Waals surface area contributed by atoms with Gasteiger partial charge in [0.05, 0.1) is 21.5 Å². The molecule has 1 fully saturated rings. The van der Waals surface area contributed by atoms with Crippen LogP contribution in [0.4, 0.5) is 8.78 Å². The highest BCUT2D eigenvalue weighted by Crippen LogP contribution is 2.50. The third-order valence-corrected chi connectivity index (χ3v) is 6.44. The van der Waals surface area contributed by atoms with Crippen molar-refractivity contribution in [2.24, 2.45) is 13.0 Å². The van der Waals surface area contributed by atoms with E-state index in [9.17, 15) is 13.9 Å². The largest absolute Gasteiger partial charge is 0.384 e. The Labute approximate surface area is 157 Å². The summed E-state index contributed by atoms with van der Waals surface area (Å²) in [6.45, 7) is 0. The predicted molar refractivity (Wildman–Crippen MR) is 99.7 cm³/mol. The number of hydrogen-bond donors (Lipinski definition) is 1. The van der Waals surface area contributed by atoms with E-state index in [1.807, 2.05) is 37.5 Å². The Morgan fingerprint density at radius 3 is 2.89 bits per heavy atom. The zero-order valence-electron chi connectivity index (χ0n) is 14.4. The maximum absolute atomic E-state index is 12.8. The van der Waals surface area contributed by atoms with Crippen molar-refractivity contribution in [2.45, 2.75) is 24.9 Å². The molecule has 0 radical (unpaired) electrons. The Morgan fingerprint density at radius 2 is 2.11 bits per heavy atom. The van der Waals surface area contributed by atoms with Crippen LogP contribution in [0, 0.1) is 5.92 Å². The van der Waals surface area contributed by atoms with Crippen LogP contribution < -0.4 is 0 Å². The molecule has 5 nitrogen and oxygen atoms in total. The molecule has 0 bridgehead atoms. The van der Waals surface area contributed by atoms with E-state index in [1.165, 1.54) is 11.3 Å². The molecule has 0 saturated heterocycles. The second-order valence-electron chi connectivity index (χ2n) is 7.16. The lowest BCUT2D eigenvalue weighted by atomic mass is 9.70. The van der Waals surface area contributed by atoms with Gasteiger partial charge in [0.25, 0.3) is 0 Å². The molecular formula is C19H16F2N4OS. The van der Waals surface area contributed by atoms with Crippen molar-refractivity contribution in [1.29, 1.82) is 0 Å². The summed E-state index contributed by atoms with van der Waals surface area (Å²) in [6.07, 6.45) is 1.47. The van der Waals surface area contributed by atoms with Crippen LogP contribution in [-0.4, -0.2) is 31.3 Å². The van der Waals surface area contributed by atoms with Gasteiger partial charge in [-0.25, -0.2) is 18.7 Å². The van der Waals surface area contributed by atoms with E-state index in [0.29, 0.717) is 10.5 Å². The van der Waals surface area contributed by atoms with Crippen LogP contribution in [-0.2, 0) is 12.6 Å². The number of fused-ring (bicyclic) bond motifs is 2. The zero-order valence-corrected chi connectivity index (χ0v) is 15.2. The lowest BCUT2D eigenvalue weighted by Gasteiger charge is -2.42. The Bertz CT molecular complexity index is 1160. The molecule has 5 rings (SSSR count). The minimum absolute atomic E-state index is 0.103. The summed E-state index contributed by atoms with van der Waals surface area (Å²) in [4.78, 5) is 9.77. The zero-order chi connectivity index (χ0) is 18.8. The molecule has 0 amide bonds. The monoisotopic (exact) mass is 386 g/mol. The van der Waals surface area contributed by atoms with Gasteiger partial charge in [0.15, 0.2) is 5.65 Å². The average molecular weight is 386 g/mol. The highest BCUT2D eigenvalue weighted by Gasteiger charge is 2.48. The summed E-state index contributed by atoms with van der Waals surface area (Å²) in [5, 5.41) is 15.8. The first kappa shape index (κ1) is 16.7. The fourth-order valence-electron chi connectivity index (χ4n) is 3.67. The number of hydrogen-bond acceptors (Lipinski definition) is 5. The number of alkyl halides is 2. The van der Waals surface area contributed by atoms with Crippen LogP contribution in [0.25, 0.3) is 32.5 Å². The summed E-state index contributed by atoms with van der Waals surface area (Å²) in [5.41, 5.74) is 1.94. The van der Waals surface area contributed by atoms with Gasteiger partial charge >= 0.3 is 0 Å². The molecule has 4 heterocycles. The summed E-state index contributed by atoms with van der Waals surface area (Å²) in [7, 11) is 1.85. The van der Waals surface area contributed by atoms with Crippen molar-refractivity contribution in [3.05, 3.63) is 41.5 Å². The van der Waals surface area contributed by atoms with Gasteiger partial charge in [0.1, 0.15) is 0 Å². The molecule has 1 N–H and O–H groups in total. The molecule has 8 heteroatoms. The van der Waals surface area contributed by atoms with Crippen LogP contribution in [0.2, 0.25) is 0 Å².